The standard InChI is InChI=1S/C13H10ClN3O/c14-10-5-4-9(15)8-11(10)18-13-3-1-2-12-16-6-7-17(12)13/h1-8H,15H2. The van der Waals surface area contributed by atoms with Gasteiger partial charge in [-0.15, -0.1) is 0 Å². The second-order valence-corrected chi connectivity index (χ2v) is 4.22. The van der Waals surface area contributed by atoms with E-state index in [2.05, 4.69) is 4.98 Å². The van der Waals surface area contributed by atoms with Gasteiger partial charge in [-0.2, -0.15) is 0 Å². The first kappa shape index (κ1) is 10.9. The molecule has 18 heavy (non-hydrogen) atoms. The van der Waals surface area contributed by atoms with Gasteiger partial charge >= 0.3 is 0 Å². The number of rotatable bonds is 2. The number of benzene rings is 1. The Morgan fingerprint density at radius 1 is 1.22 bits per heavy atom. The van der Waals surface area contributed by atoms with Gasteiger partial charge in [0.25, 0.3) is 0 Å². The van der Waals surface area contributed by atoms with Crippen LogP contribution in [0.1, 0.15) is 0 Å². The van der Waals surface area contributed by atoms with E-state index in [0.29, 0.717) is 22.3 Å². The fourth-order valence-corrected chi connectivity index (χ4v) is 1.87. The molecule has 0 saturated heterocycles. The summed E-state index contributed by atoms with van der Waals surface area (Å²) in [5, 5.41) is 0.515. The largest absolute Gasteiger partial charge is 0.439 e. The van der Waals surface area contributed by atoms with Crippen LogP contribution in [0.3, 0.4) is 0 Å². The van der Waals surface area contributed by atoms with Crippen molar-refractivity contribution in [1.82, 2.24) is 9.38 Å². The fourth-order valence-electron chi connectivity index (χ4n) is 1.72. The molecule has 4 nitrogen and oxygen atoms in total. The Hall–Kier alpha value is -2.20. The van der Waals surface area contributed by atoms with Gasteiger partial charge in [-0.1, -0.05) is 17.7 Å². The molecule has 0 aliphatic carbocycles. The molecular weight excluding hydrogens is 250 g/mol. The summed E-state index contributed by atoms with van der Waals surface area (Å²) in [7, 11) is 0. The first-order valence-corrected chi connectivity index (χ1v) is 5.77. The smallest absolute Gasteiger partial charge is 0.205 e. The normalized spacial score (nSPS) is 10.7. The van der Waals surface area contributed by atoms with E-state index in [-0.39, 0.29) is 0 Å². The summed E-state index contributed by atoms with van der Waals surface area (Å²) in [6.07, 6.45) is 3.54. The molecule has 0 unspecified atom stereocenters. The number of ether oxygens (including phenoxy) is 1. The number of hydrogen-bond acceptors (Lipinski definition) is 3. The van der Waals surface area contributed by atoms with Crippen LogP contribution in [0.4, 0.5) is 5.69 Å². The van der Waals surface area contributed by atoms with Gasteiger partial charge in [0.1, 0.15) is 11.4 Å². The van der Waals surface area contributed by atoms with Gasteiger partial charge in [0.05, 0.1) is 5.02 Å². The average Bonchev–Trinajstić information content (AvgIpc) is 2.83. The maximum Gasteiger partial charge on any atom is 0.205 e. The second-order valence-electron chi connectivity index (χ2n) is 3.81. The van der Waals surface area contributed by atoms with Crippen LogP contribution in [-0.4, -0.2) is 9.38 Å². The quantitative estimate of drug-likeness (QED) is 0.718. The number of hydrogen-bond donors (Lipinski definition) is 1. The van der Waals surface area contributed by atoms with Crippen molar-refractivity contribution < 1.29 is 4.74 Å². The van der Waals surface area contributed by atoms with Gasteiger partial charge in [0.15, 0.2) is 0 Å². The maximum absolute atomic E-state index is 6.07. The zero-order valence-corrected chi connectivity index (χ0v) is 10.1. The number of nitrogens with zero attached hydrogens (tertiary/aromatic N) is 2. The molecule has 2 N–H and O–H groups in total. The van der Waals surface area contributed by atoms with E-state index in [1.54, 1.807) is 24.4 Å². The van der Waals surface area contributed by atoms with Crippen molar-refractivity contribution in [2.75, 3.05) is 5.73 Å². The molecular formula is C13H10ClN3O. The highest BCUT2D eigenvalue weighted by molar-refractivity contribution is 6.32. The molecule has 0 aliphatic rings. The molecule has 0 amide bonds. The predicted molar refractivity (Wildman–Crippen MR) is 71.1 cm³/mol. The first-order valence-electron chi connectivity index (χ1n) is 5.39. The van der Waals surface area contributed by atoms with Crippen molar-refractivity contribution in [3.05, 3.63) is 53.8 Å². The number of halogens is 1. The van der Waals surface area contributed by atoms with E-state index < -0.39 is 0 Å². The summed E-state index contributed by atoms with van der Waals surface area (Å²) in [5.74, 6) is 1.16. The molecule has 0 aliphatic heterocycles. The predicted octanol–water partition coefficient (Wildman–Crippen LogP) is 3.36. The van der Waals surface area contributed by atoms with Crippen molar-refractivity contribution in [3.8, 4) is 11.6 Å². The van der Waals surface area contributed by atoms with E-state index in [0.717, 1.165) is 5.65 Å². The minimum Gasteiger partial charge on any atom is -0.439 e. The highest BCUT2D eigenvalue weighted by atomic mass is 35.5. The molecule has 0 radical (unpaired) electrons. The molecule has 3 rings (SSSR count). The molecule has 90 valence electrons. The Morgan fingerprint density at radius 3 is 3.00 bits per heavy atom. The number of pyridine rings is 1. The third-order valence-electron chi connectivity index (χ3n) is 2.56. The molecule has 5 heteroatoms. The van der Waals surface area contributed by atoms with Crippen LogP contribution in [0.2, 0.25) is 5.02 Å². The van der Waals surface area contributed by atoms with Gasteiger partial charge in [-0.3, -0.25) is 4.40 Å². The van der Waals surface area contributed by atoms with Gasteiger partial charge in [-0.05, 0) is 24.3 Å². The zero-order valence-electron chi connectivity index (χ0n) is 9.38. The van der Waals surface area contributed by atoms with Gasteiger partial charge in [-0.25, -0.2) is 4.98 Å². The Kier molecular flexibility index (Phi) is 2.57. The van der Waals surface area contributed by atoms with E-state index in [9.17, 15) is 0 Å². The molecule has 0 saturated carbocycles. The Balaban J connectivity index is 2.06. The number of nitrogens with two attached hydrogens (primary N) is 1. The molecule has 3 aromatic rings. The lowest BCUT2D eigenvalue weighted by atomic mass is 10.3. The van der Waals surface area contributed by atoms with Gasteiger partial charge < -0.3 is 10.5 Å². The maximum atomic E-state index is 6.07. The lowest BCUT2D eigenvalue weighted by Gasteiger charge is -2.09. The molecule has 0 fully saturated rings. The Morgan fingerprint density at radius 2 is 2.11 bits per heavy atom. The van der Waals surface area contributed by atoms with Crippen LogP contribution in [-0.2, 0) is 0 Å². The Bertz CT molecular complexity index is 708. The van der Waals surface area contributed by atoms with E-state index in [4.69, 9.17) is 22.1 Å². The van der Waals surface area contributed by atoms with Crippen LogP contribution in [0, 0.1) is 0 Å². The van der Waals surface area contributed by atoms with Crippen LogP contribution in [0.15, 0.2) is 48.8 Å². The third kappa shape index (κ3) is 1.87. The lowest BCUT2D eigenvalue weighted by Crippen LogP contribution is -1.94. The van der Waals surface area contributed by atoms with Crippen molar-refractivity contribution in [2.24, 2.45) is 0 Å². The molecule has 0 bridgehead atoms. The summed E-state index contributed by atoms with van der Waals surface area (Å²) in [4.78, 5) is 4.19. The number of aromatic nitrogens is 2. The Labute approximate surface area is 109 Å². The summed E-state index contributed by atoms with van der Waals surface area (Å²) in [6, 6.07) is 10.7. The molecule has 2 heterocycles. The number of fused-ring (bicyclic) bond motifs is 1. The number of nitrogen functional groups attached to an aromatic ring is 1. The summed E-state index contributed by atoms with van der Waals surface area (Å²) >= 11 is 6.07. The van der Waals surface area contributed by atoms with Crippen LogP contribution >= 0.6 is 11.6 Å². The van der Waals surface area contributed by atoms with E-state index >= 15 is 0 Å². The highest BCUT2D eigenvalue weighted by Gasteiger charge is 2.06. The zero-order chi connectivity index (χ0) is 12.5. The average molecular weight is 260 g/mol. The SMILES string of the molecule is Nc1ccc(Cl)c(Oc2cccc3nccn23)c1. The molecule has 0 atom stereocenters. The monoisotopic (exact) mass is 259 g/mol. The number of anilines is 1. The summed E-state index contributed by atoms with van der Waals surface area (Å²) in [6.45, 7) is 0. The number of imidazole rings is 1. The molecule has 2 aromatic heterocycles. The van der Waals surface area contributed by atoms with E-state index in [1.807, 2.05) is 28.8 Å². The van der Waals surface area contributed by atoms with Crippen molar-refractivity contribution in [2.45, 2.75) is 0 Å². The second kappa shape index (κ2) is 4.23. The third-order valence-corrected chi connectivity index (χ3v) is 2.87. The van der Waals surface area contributed by atoms with Crippen LogP contribution in [0.25, 0.3) is 5.65 Å². The summed E-state index contributed by atoms with van der Waals surface area (Å²) < 4.78 is 7.61. The van der Waals surface area contributed by atoms with Gasteiger partial charge in [0.2, 0.25) is 5.88 Å². The van der Waals surface area contributed by atoms with Crippen LogP contribution in [0.5, 0.6) is 11.6 Å². The minimum absolute atomic E-state index is 0.515. The topological polar surface area (TPSA) is 52.5 Å². The lowest BCUT2D eigenvalue weighted by molar-refractivity contribution is 0.457. The summed E-state index contributed by atoms with van der Waals surface area (Å²) in [5.41, 5.74) is 7.13. The van der Waals surface area contributed by atoms with Crippen LogP contribution < -0.4 is 10.5 Å². The molecule has 1 aromatic carbocycles. The molecule has 0 spiro atoms. The van der Waals surface area contributed by atoms with Crippen molar-refractivity contribution >= 4 is 22.9 Å². The van der Waals surface area contributed by atoms with Crippen molar-refractivity contribution in [1.29, 1.82) is 0 Å². The minimum atomic E-state index is 0.515. The van der Waals surface area contributed by atoms with Gasteiger partial charge in [0, 0.05) is 24.1 Å². The fraction of sp³-hybridized carbons (Fsp3) is 0. The van der Waals surface area contributed by atoms with Crippen molar-refractivity contribution in [3.63, 3.8) is 0 Å². The van der Waals surface area contributed by atoms with E-state index in [1.165, 1.54) is 0 Å². The first-order chi connectivity index (χ1) is 8.74. The highest BCUT2D eigenvalue weighted by Crippen LogP contribution is 2.31.